The summed E-state index contributed by atoms with van der Waals surface area (Å²) in [5.41, 5.74) is 5.34. The van der Waals surface area contributed by atoms with E-state index in [0.29, 0.717) is 6.42 Å². The second-order valence-electron chi connectivity index (χ2n) is 3.53. The molecule has 0 amide bonds. The summed E-state index contributed by atoms with van der Waals surface area (Å²) in [4.78, 5) is 10.8. The number of carboxylic acids is 1. The second kappa shape index (κ2) is 4.11. The van der Waals surface area contributed by atoms with Crippen LogP contribution in [0.1, 0.15) is 12.5 Å². The van der Waals surface area contributed by atoms with Crippen LogP contribution in [-0.2, 0) is 11.2 Å². The summed E-state index contributed by atoms with van der Waals surface area (Å²) < 4.78 is 0.968. The van der Waals surface area contributed by atoms with E-state index < -0.39 is 11.5 Å². The van der Waals surface area contributed by atoms with Crippen LogP contribution in [0.3, 0.4) is 0 Å². The van der Waals surface area contributed by atoms with Crippen molar-refractivity contribution in [3.8, 4) is 0 Å². The van der Waals surface area contributed by atoms with Gasteiger partial charge in [0.25, 0.3) is 0 Å². The van der Waals surface area contributed by atoms with Crippen LogP contribution in [0, 0.1) is 0 Å². The Labute approximate surface area is 91.1 Å². The van der Waals surface area contributed by atoms with Crippen LogP contribution in [-0.4, -0.2) is 16.6 Å². The Kier molecular flexibility index (Phi) is 3.29. The summed E-state index contributed by atoms with van der Waals surface area (Å²) in [5, 5.41) is 8.82. The van der Waals surface area contributed by atoms with Crippen LogP contribution in [0.4, 0.5) is 0 Å². The molecule has 0 aromatic heterocycles. The molecule has 3 N–H and O–H groups in total. The Morgan fingerprint density at radius 2 is 2.00 bits per heavy atom. The fraction of sp³-hybridized carbons (Fsp3) is 0.300. The highest BCUT2D eigenvalue weighted by Gasteiger charge is 2.27. The molecule has 0 aliphatic rings. The largest absolute Gasteiger partial charge is 0.480 e. The zero-order chi connectivity index (χ0) is 10.8. The van der Waals surface area contributed by atoms with E-state index in [1.54, 1.807) is 0 Å². The molecule has 3 nitrogen and oxygen atoms in total. The molecular formula is C10H12BrNO2. The van der Waals surface area contributed by atoms with Gasteiger partial charge >= 0.3 is 5.97 Å². The molecule has 76 valence electrons. The molecule has 0 fully saturated rings. The van der Waals surface area contributed by atoms with Crippen molar-refractivity contribution in [1.29, 1.82) is 0 Å². The standard InChI is InChI=1S/C10H12BrNO2/c1-10(12,9(13)14)6-7-2-4-8(11)5-3-7/h2-5H,6,12H2,1H3,(H,13,14)/t10-/m0/s1. The highest BCUT2D eigenvalue weighted by atomic mass is 79.9. The smallest absolute Gasteiger partial charge is 0.323 e. The van der Waals surface area contributed by atoms with E-state index in [-0.39, 0.29) is 0 Å². The maximum atomic E-state index is 10.8. The maximum Gasteiger partial charge on any atom is 0.323 e. The lowest BCUT2D eigenvalue weighted by molar-refractivity contribution is -0.142. The molecule has 0 bridgehead atoms. The molecule has 4 heteroatoms. The van der Waals surface area contributed by atoms with Crippen molar-refractivity contribution in [2.24, 2.45) is 5.73 Å². The topological polar surface area (TPSA) is 63.3 Å². The number of hydrogen-bond donors (Lipinski definition) is 2. The highest BCUT2D eigenvalue weighted by Crippen LogP contribution is 2.15. The normalized spacial score (nSPS) is 14.8. The lowest BCUT2D eigenvalue weighted by Crippen LogP contribution is -2.46. The van der Waals surface area contributed by atoms with Gasteiger partial charge in [0.1, 0.15) is 5.54 Å². The molecule has 0 saturated heterocycles. The van der Waals surface area contributed by atoms with Gasteiger partial charge in [0.05, 0.1) is 0 Å². The molecule has 1 atom stereocenters. The SMILES string of the molecule is C[C@](N)(Cc1ccc(Br)cc1)C(=O)O. The average molecular weight is 258 g/mol. The van der Waals surface area contributed by atoms with E-state index in [0.717, 1.165) is 10.0 Å². The van der Waals surface area contributed by atoms with Gasteiger partial charge in [-0.05, 0) is 24.6 Å². The van der Waals surface area contributed by atoms with Gasteiger partial charge in [-0.2, -0.15) is 0 Å². The fourth-order valence-electron chi connectivity index (χ4n) is 1.10. The van der Waals surface area contributed by atoms with Gasteiger partial charge < -0.3 is 10.8 Å². The van der Waals surface area contributed by atoms with Gasteiger partial charge in [-0.1, -0.05) is 28.1 Å². The molecule has 1 aromatic carbocycles. The Hall–Kier alpha value is -0.870. The average Bonchev–Trinajstić information content (AvgIpc) is 2.08. The van der Waals surface area contributed by atoms with Crippen LogP contribution in [0.15, 0.2) is 28.7 Å². The predicted octanol–water partition coefficient (Wildman–Crippen LogP) is 1.79. The van der Waals surface area contributed by atoms with E-state index in [1.807, 2.05) is 24.3 Å². The Balaban J connectivity index is 2.79. The number of halogens is 1. The summed E-state index contributed by atoms with van der Waals surface area (Å²) in [6.07, 6.45) is 0.329. The number of benzene rings is 1. The molecule has 0 saturated carbocycles. The summed E-state index contributed by atoms with van der Waals surface area (Å²) >= 11 is 3.31. The molecule has 1 rings (SSSR count). The minimum atomic E-state index is -1.20. The van der Waals surface area contributed by atoms with Gasteiger partial charge in [-0.25, -0.2) is 0 Å². The third kappa shape index (κ3) is 2.82. The van der Waals surface area contributed by atoms with E-state index in [2.05, 4.69) is 15.9 Å². The Bertz CT molecular complexity index is 332. The molecule has 0 heterocycles. The summed E-state index contributed by atoms with van der Waals surface area (Å²) in [6, 6.07) is 7.46. The maximum absolute atomic E-state index is 10.8. The van der Waals surface area contributed by atoms with Crippen molar-refractivity contribution < 1.29 is 9.90 Å². The molecule has 14 heavy (non-hydrogen) atoms. The van der Waals surface area contributed by atoms with Crippen molar-refractivity contribution in [2.45, 2.75) is 18.9 Å². The molecular weight excluding hydrogens is 246 g/mol. The molecule has 0 radical (unpaired) electrons. The Morgan fingerprint density at radius 1 is 1.50 bits per heavy atom. The first-order valence-corrected chi connectivity index (χ1v) is 4.98. The van der Waals surface area contributed by atoms with Gasteiger partial charge in [0, 0.05) is 10.9 Å². The fourth-order valence-corrected chi connectivity index (χ4v) is 1.37. The lowest BCUT2D eigenvalue weighted by Gasteiger charge is -2.18. The lowest BCUT2D eigenvalue weighted by atomic mass is 9.94. The van der Waals surface area contributed by atoms with Crippen LogP contribution in [0.25, 0.3) is 0 Å². The molecule has 0 aliphatic carbocycles. The first kappa shape index (κ1) is 11.2. The second-order valence-corrected chi connectivity index (χ2v) is 4.44. The number of hydrogen-bond acceptors (Lipinski definition) is 2. The number of carbonyl (C=O) groups is 1. The van der Waals surface area contributed by atoms with Gasteiger partial charge in [0.2, 0.25) is 0 Å². The number of nitrogens with two attached hydrogens (primary N) is 1. The third-order valence-electron chi connectivity index (χ3n) is 1.97. The summed E-state index contributed by atoms with van der Waals surface area (Å²) in [5.74, 6) is -0.986. The van der Waals surface area contributed by atoms with Crippen molar-refractivity contribution >= 4 is 21.9 Å². The number of carboxylic acid groups (broad SMARTS) is 1. The van der Waals surface area contributed by atoms with Crippen LogP contribution < -0.4 is 5.73 Å². The van der Waals surface area contributed by atoms with Crippen molar-refractivity contribution in [3.05, 3.63) is 34.3 Å². The molecule has 0 unspecified atom stereocenters. The summed E-state index contributed by atoms with van der Waals surface area (Å²) in [7, 11) is 0. The minimum absolute atomic E-state index is 0.329. The number of aliphatic carboxylic acids is 1. The molecule has 1 aromatic rings. The van der Waals surface area contributed by atoms with Crippen molar-refractivity contribution in [2.75, 3.05) is 0 Å². The van der Waals surface area contributed by atoms with Gasteiger partial charge in [-0.15, -0.1) is 0 Å². The third-order valence-corrected chi connectivity index (χ3v) is 2.50. The van der Waals surface area contributed by atoms with Crippen LogP contribution in [0.5, 0.6) is 0 Å². The predicted molar refractivity (Wildman–Crippen MR) is 58.1 cm³/mol. The molecule has 0 aliphatic heterocycles. The highest BCUT2D eigenvalue weighted by molar-refractivity contribution is 9.10. The van der Waals surface area contributed by atoms with E-state index in [1.165, 1.54) is 6.92 Å². The Morgan fingerprint density at radius 3 is 2.43 bits per heavy atom. The minimum Gasteiger partial charge on any atom is -0.480 e. The molecule has 0 spiro atoms. The first-order chi connectivity index (χ1) is 6.42. The van der Waals surface area contributed by atoms with Gasteiger partial charge in [0.15, 0.2) is 0 Å². The quantitative estimate of drug-likeness (QED) is 0.868. The van der Waals surface area contributed by atoms with E-state index >= 15 is 0 Å². The van der Waals surface area contributed by atoms with Crippen molar-refractivity contribution in [3.63, 3.8) is 0 Å². The van der Waals surface area contributed by atoms with Crippen LogP contribution in [0.2, 0.25) is 0 Å². The first-order valence-electron chi connectivity index (χ1n) is 4.18. The van der Waals surface area contributed by atoms with Crippen LogP contribution >= 0.6 is 15.9 Å². The monoisotopic (exact) mass is 257 g/mol. The van der Waals surface area contributed by atoms with Gasteiger partial charge in [-0.3, -0.25) is 4.79 Å². The zero-order valence-corrected chi connectivity index (χ0v) is 9.41. The van der Waals surface area contributed by atoms with E-state index in [4.69, 9.17) is 10.8 Å². The zero-order valence-electron chi connectivity index (χ0n) is 7.83. The van der Waals surface area contributed by atoms with Crippen molar-refractivity contribution in [1.82, 2.24) is 0 Å². The summed E-state index contributed by atoms with van der Waals surface area (Å²) in [6.45, 7) is 1.51. The van der Waals surface area contributed by atoms with E-state index in [9.17, 15) is 4.79 Å². The number of rotatable bonds is 3.